The summed E-state index contributed by atoms with van der Waals surface area (Å²) in [6.45, 7) is 0.597. The van der Waals surface area contributed by atoms with Gasteiger partial charge in [0.1, 0.15) is 5.75 Å². The highest BCUT2D eigenvalue weighted by atomic mass is 35.5. The maximum Gasteiger partial charge on any atom is 0.394 e. The Morgan fingerprint density at radius 1 is 1.44 bits per heavy atom. The van der Waals surface area contributed by atoms with Crippen LogP contribution in [0.1, 0.15) is 17.3 Å². The van der Waals surface area contributed by atoms with Crippen molar-refractivity contribution in [2.45, 2.75) is 13.0 Å². The van der Waals surface area contributed by atoms with Crippen LogP contribution >= 0.6 is 11.6 Å². The lowest BCUT2D eigenvalue weighted by Crippen LogP contribution is -2.19. The Hall–Kier alpha value is -1.36. The molecule has 0 aromatic heterocycles. The highest BCUT2D eigenvalue weighted by molar-refractivity contribution is 6.33. The fourth-order valence-corrected chi connectivity index (χ4v) is 1.24. The first kappa shape index (κ1) is 12.7. The Balaban J connectivity index is 3.03. The van der Waals surface area contributed by atoms with Gasteiger partial charge in [0.25, 0.3) is 0 Å². The van der Waals surface area contributed by atoms with Crippen molar-refractivity contribution in [3.05, 3.63) is 28.8 Å². The van der Waals surface area contributed by atoms with Crippen LogP contribution in [0.25, 0.3) is 0 Å². The van der Waals surface area contributed by atoms with Gasteiger partial charge in [-0.25, -0.2) is 4.79 Å². The molecule has 0 unspecified atom stereocenters. The van der Waals surface area contributed by atoms with Crippen molar-refractivity contribution in [2.24, 2.45) is 0 Å². The first-order valence-electron chi connectivity index (χ1n) is 4.28. The minimum absolute atomic E-state index is 0.0223. The molecular weight excluding hydrogens is 242 g/mol. The van der Waals surface area contributed by atoms with Crippen LogP contribution in [0.3, 0.4) is 0 Å². The van der Waals surface area contributed by atoms with E-state index in [1.807, 2.05) is 0 Å². The van der Waals surface area contributed by atoms with Crippen LogP contribution in [-0.2, 0) is 4.74 Å². The molecule has 0 amide bonds. The standard InChI is InChI=1S/C10H9ClF2O3/c1-10(12,13)16-6-3-4-8(11)7(5-6)9(14)15-2/h3-5H,1-2H3. The van der Waals surface area contributed by atoms with Gasteiger partial charge in [0.2, 0.25) is 0 Å². The van der Waals surface area contributed by atoms with Crippen molar-refractivity contribution in [3.8, 4) is 5.75 Å². The van der Waals surface area contributed by atoms with Crippen LogP contribution in [-0.4, -0.2) is 19.2 Å². The summed E-state index contributed by atoms with van der Waals surface area (Å²) >= 11 is 5.70. The molecule has 0 heterocycles. The van der Waals surface area contributed by atoms with Gasteiger partial charge in [-0.05, 0) is 18.2 Å². The summed E-state index contributed by atoms with van der Waals surface area (Å²) in [6, 6.07) is 3.63. The summed E-state index contributed by atoms with van der Waals surface area (Å²) in [6.07, 6.45) is -3.32. The molecule has 16 heavy (non-hydrogen) atoms. The maximum absolute atomic E-state index is 12.6. The second-order valence-electron chi connectivity index (χ2n) is 3.04. The molecule has 0 saturated heterocycles. The molecule has 3 nitrogen and oxygen atoms in total. The van der Waals surface area contributed by atoms with Gasteiger partial charge in [-0.2, -0.15) is 8.78 Å². The number of carbonyl (C=O) groups is 1. The summed E-state index contributed by atoms with van der Waals surface area (Å²) in [7, 11) is 1.17. The molecule has 6 heteroatoms. The third kappa shape index (κ3) is 3.34. The van der Waals surface area contributed by atoms with E-state index in [0.717, 1.165) is 6.07 Å². The van der Waals surface area contributed by atoms with Gasteiger partial charge in [0, 0.05) is 6.92 Å². The number of rotatable bonds is 3. The number of alkyl halides is 2. The van der Waals surface area contributed by atoms with Crippen molar-refractivity contribution >= 4 is 17.6 Å². The lowest BCUT2D eigenvalue weighted by molar-refractivity contribution is -0.158. The molecule has 0 aliphatic rings. The van der Waals surface area contributed by atoms with Gasteiger partial charge in [0.05, 0.1) is 17.7 Å². The van der Waals surface area contributed by atoms with E-state index in [0.29, 0.717) is 6.92 Å². The molecule has 0 aliphatic carbocycles. The number of esters is 1. The Morgan fingerprint density at radius 3 is 2.56 bits per heavy atom. The number of hydrogen-bond donors (Lipinski definition) is 0. The number of hydrogen-bond acceptors (Lipinski definition) is 3. The van der Waals surface area contributed by atoms with E-state index < -0.39 is 12.1 Å². The Labute approximate surface area is 95.9 Å². The van der Waals surface area contributed by atoms with E-state index >= 15 is 0 Å². The van der Waals surface area contributed by atoms with Crippen molar-refractivity contribution in [1.29, 1.82) is 0 Å². The molecule has 0 atom stereocenters. The van der Waals surface area contributed by atoms with Gasteiger partial charge < -0.3 is 9.47 Å². The molecule has 0 bridgehead atoms. The maximum atomic E-state index is 12.6. The van der Waals surface area contributed by atoms with E-state index in [9.17, 15) is 13.6 Å². The van der Waals surface area contributed by atoms with Crippen LogP contribution in [0.4, 0.5) is 8.78 Å². The Morgan fingerprint density at radius 2 is 2.06 bits per heavy atom. The van der Waals surface area contributed by atoms with Crippen molar-refractivity contribution in [1.82, 2.24) is 0 Å². The third-order valence-electron chi connectivity index (χ3n) is 1.64. The van der Waals surface area contributed by atoms with Gasteiger partial charge in [-0.1, -0.05) is 11.6 Å². The lowest BCUT2D eigenvalue weighted by Gasteiger charge is -2.13. The fourth-order valence-electron chi connectivity index (χ4n) is 1.04. The number of ether oxygens (including phenoxy) is 2. The summed E-state index contributed by atoms with van der Waals surface area (Å²) in [5.41, 5.74) is -0.0223. The Kier molecular flexibility index (Phi) is 3.70. The summed E-state index contributed by atoms with van der Waals surface area (Å²) in [5, 5.41) is 0.110. The van der Waals surface area contributed by atoms with Gasteiger partial charge in [-0.3, -0.25) is 0 Å². The van der Waals surface area contributed by atoms with E-state index in [2.05, 4.69) is 9.47 Å². The number of carbonyl (C=O) groups excluding carboxylic acids is 1. The Bertz CT molecular complexity index is 402. The van der Waals surface area contributed by atoms with E-state index in [1.54, 1.807) is 0 Å². The van der Waals surface area contributed by atoms with Crippen LogP contribution in [0.5, 0.6) is 5.75 Å². The molecule has 0 spiro atoms. The minimum atomic E-state index is -3.32. The molecule has 1 rings (SSSR count). The monoisotopic (exact) mass is 250 g/mol. The molecular formula is C10H9ClF2O3. The van der Waals surface area contributed by atoms with Gasteiger partial charge in [0.15, 0.2) is 0 Å². The van der Waals surface area contributed by atoms with Crippen molar-refractivity contribution < 1.29 is 23.0 Å². The van der Waals surface area contributed by atoms with Crippen LogP contribution in [0.15, 0.2) is 18.2 Å². The normalized spacial score (nSPS) is 11.1. The summed E-state index contributed by atoms with van der Waals surface area (Å²) in [4.78, 5) is 11.2. The van der Waals surface area contributed by atoms with E-state index in [1.165, 1.54) is 19.2 Å². The molecule has 0 fully saturated rings. The molecule has 88 valence electrons. The number of benzene rings is 1. The average Bonchev–Trinajstić information content (AvgIpc) is 2.18. The molecule has 0 aliphatic heterocycles. The second-order valence-corrected chi connectivity index (χ2v) is 3.45. The largest absolute Gasteiger partial charge is 0.465 e. The zero-order chi connectivity index (χ0) is 12.3. The van der Waals surface area contributed by atoms with Crippen LogP contribution in [0.2, 0.25) is 5.02 Å². The lowest BCUT2D eigenvalue weighted by atomic mass is 10.2. The quantitative estimate of drug-likeness (QED) is 0.773. The van der Waals surface area contributed by atoms with E-state index in [-0.39, 0.29) is 16.3 Å². The number of halogens is 3. The first-order valence-corrected chi connectivity index (χ1v) is 4.66. The predicted octanol–water partition coefficient (Wildman–Crippen LogP) is 3.12. The van der Waals surface area contributed by atoms with Crippen LogP contribution in [0, 0.1) is 0 Å². The average molecular weight is 251 g/mol. The minimum Gasteiger partial charge on any atom is -0.465 e. The zero-order valence-corrected chi connectivity index (χ0v) is 9.35. The molecule has 1 aromatic carbocycles. The van der Waals surface area contributed by atoms with Crippen molar-refractivity contribution in [3.63, 3.8) is 0 Å². The molecule has 0 N–H and O–H groups in total. The molecule has 1 aromatic rings. The molecule has 0 radical (unpaired) electrons. The topological polar surface area (TPSA) is 35.5 Å². The first-order chi connectivity index (χ1) is 7.33. The summed E-state index contributed by atoms with van der Waals surface area (Å²) < 4.78 is 33.8. The van der Waals surface area contributed by atoms with Gasteiger partial charge >= 0.3 is 12.1 Å². The second kappa shape index (κ2) is 4.65. The summed E-state index contributed by atoms with van der Waals surface area (Å²) in [5.74, 6) is -0.868. The highest BCUT2D eigenvalue weighted by Gasteiger charge is 2.24. The fraction of sp³-hybridized carbons (Fsp3) is 0.300. The SMILES string of the molecule is COC(=O)c1cc(OC(C)(F)F)ccc1Cl. The predicted molar refractivity (Wildman–Crippen MR) is 54.0 cm³/mol. The smallest absolute Gasteiger partial charge is 0.394 e. The number of methoxy groups -OCH3 is 1. The van der Waals surface area contributed by atoms with Gasteiger partial charge in [-0.15, -0.1) is 0 Å². The van der Waals surface area contributed by atoms with Crippen molar-refractivity contribution in [2.75, 3.05) is 7.11 Å². The zero-order valence-electron chi connectivity index (χ0n) is 8.59. The molecule has 0 saturated carbocycles. The van der Waals surface area contributed by atoms with Crippen LogP contribution < -0.4 is 4.74 Å². The highest BCUT2D eigenvalue weighted by Crippen LogP contribution is 2.26. The van der Waals surface area contributed by atoms with E-state index in [4.69, 9.17) is 11.6 Å². The third-order valence-corrected chi connectivity index (χ3v) is 1.97.